The summed E-state index contributed by atoms with van der Waals surface area (Å²) in [5, 5.41) is 0. The second kappa shape index (κ2) is 8.45. The van der Waals surface area contributed by atoms with Crippen molar-refractivity contribution in [3.05, 3.63) is 64.1 Å². The van der Waals surface area contributed by atoms with Gasteiger partial charge in [0.15, 0.2) is 0 Å². The molecule has 0 bridgehead atoms. The van der Waals surface area contributed by atoms with Gasteiger partial charge < -0.3 is 4.90 Å². The Kier molecular flexibility index (Phi) is 6.59. The first-order valence-electron chi connectivity index (χ1n) is 7.02. The van der Waals surface area contributed by atoms with Crippen LogP contribution >= 0.6 is 27.7 Å². The quantitative estimate of drug-likeness (QED) is 0.645. The van der Waals surface area contributed by atoms with Crippen molar-refractivity contribution >= 4 is 33.6 Å². The number of nitrogens with zero attached hydrogens (tertiary/aromatic N) is 1. The first kappa shape index (κ1) is 17.9. The van der Waals surface area contributed by atoms with Gasteiger partial charge in [0.2, 0.25) is 5.91 Å². The van der Waals surface area contributed by atoms with Gasteiger partial charge in [-0.05, 0) is 34.1 Å². The Morgan fingerprint density at radius 2 is 1.96 bits per heavy atom. The van der Waals surface area contributed by atoms with Crippen molar-refractivity contribution < 1.29 is 13.6 Å². The summed E-state index contributed by atoms with van der Waals surface area (Å²) in [5.41, 5.74) is 0.306. The van der Waals surface area contributed by atoms with Crippen molar-refractivity contribution in [1.29, 1.82) is 0 Å². The van der Waals surface area contributed by atoms with Gasteiger partial charge in [-0.1, -0.05) is 18.2 Å². The number of benzene rings is 2. The molecular weight excluding hydrogens is 384 g/mol. The highest BCUT2D eigenvalue weighted by Gasteiger charge is 2.12. The summed E-state index contributed by atoms with van der Waals surface area (Å²) < 4.78 is 27.5. The third-order valence-corrected chi connectivity index (χ3v) is 5.29. The van der Waals surface area contributed by atoms with Crippen LogP contribution in [0.3, 0.4) is 0 Å². The molecule has 2 nitrogen and oxygen atoms in total. The predicted molar refractivity (Wildman–Crippen MR) is 92.3 cm³/mol. The molecule has 0 aliphatic heterocycles. The lowest BCUT2D eigenvalue weighted by molar-refractivity contribution is -0.129. The number of carbonyl (C=O) groups excluding carboxylic acids is 1. The van der Waals surface area contributed by atoms with E-state index in [-0.39, 0.29) is 12.5 Å². The Balaban J connectivity index is 1.84. The van der Waals surface area contributed by atoms with Gasteiger partial charge in [-0.25, -0.2) is 8.78 Å². The summed E-state index contributed by atoms with van der Waals surface area (Å²) in [4.78, 5) is 14.6. The maximum atomic E-state index is 13.6. The third kappa shape index (κ3) is 5.32. The SMILES string of the molecule is CN(Cc1ccc(F)cc1F)C(=O)CCSc1ccccc1Br. The van der Waals surface area contributed by atoms with Gasteiger partial charge >= 0.3 is 0 Å². The monoisotopic (exact) mass is 399 g/mol. The van der Waals surface area contributed by atoms with Gasteiger partial charge in [-0.15, -0.1) is 11.8 Å². The second-order valence-electron chi connectivity index (χ2n) is 5.01. The van der Waals surface area contributed by atoms with Gasteiger partial charge in [0, 0.05) is 46.8 Å². The van der Waals surface area contributed by atoms with Crippen LogP contribution in [0.25, 0.3) is 0 Å². The first-order chi connectivity index (χ1) is 11.0. The summed E-state index contributed by atoms with van der Waals surface area (Å²) in [6.45, 7) is 0.130. The molecule has 6 heteroatoms. The first-order valence-corrected chi connectivity index (χ1v) is 8.80. The van der Waals surface area contributed by atoms with Gasteiger partial charge in [0.05, 0.1) is 0 Å². The Bertz CT molecular complexity index is 696. The minimum absolute atomic E-state index is 0.0757. The van der Waals surface area contributed by atoms with E-state index in [1.54, 1.807) is 18.8 Å². The van der Waals surface area contributed by atoms with Gasteiger partial charge in [-0.3, -0.25) is 4.79 Å². The molecule has 0 unspecified atom stereocenters. The number of halogens is 3. The number of hydrogen-bond acceptors (Lipinski definition) is 2. The normalized spacial score (nSPS) is 10.6. The van der Waals surface area contributed by atoms with Crippen molar-refractivity contribution in [2.24, 2.45) is 0 Å². The van der Waals surface area contributed by atoms with Crippen molar-refractivity contribution in [2.45, 2.75) is 17.9 Å². The Hall–Kier alpha value is -1.40. The Morgan fingerprint density at radius 1 is 1.22 bits per heavy atom. The smallest absolute Gasteiger partial charge is 0.223 e. The van der Waals surface area contributed by atoms with E-state index >= 15 is 0 Å². The molecule has 2 rings (SSSR count). The van der Waals surface area contributed by atoms with Crippen LogP contribution in [0.15, 0.2) is 51.8 Å². The molecule has 23 heavy (non-hydrogen) atoms. The minimum atomic E-state index is -0.632. The summed E-state index contributed by atoms with van der Waals surface area (Å²) in [6, 6.07) is 11.2. The molecule has 2 aromatic carbocycles. The number of amides is 1. The average molecular weight is 400 g/mol. The standard InChI is InChI=1S/C17H16BrF2NOS/c1-21(11-12-6-7-13(19)10-15(12)20)17(22)8-9-23-16-5-3-2-4-14(16)18/h2-7,10H,8-9,11H2,1H3. The van der Waals surface area contributed by atoms with Crippen molar-refractivity contribution in [3.63, 3.8) is 0 Å². The molecule has 0 fully saturated rings. The molecule has 0 radical (unpaired) electrons. The number of thioether (sulfide) groups is 1. The zero-order valence-corrected chi connectivity index (χ0v) is 15.0. The predicted octanol–water partition coefficient (Wildman–Crippen LogP) is 4.87. The molecule has 0 aliphatic carbocycles. The molecule has 0 spiro atoms. The molecule has 0 saturated heterocycles. The molecule has 1 amide bonds. The molecule has 2 aromatic rings. The summed E-state index contributed by atoms with van der Waals surface area (Å²) in [7, 11) is 1.62. The maximum Gasteiger partial charge on any atom is 0.223 e. The lowest BCUT2D eigenvalue weighted by Crippen LogP contribution is -2.26. The van der Waals surface area contributed by atoms with Crippen LogP contribution < -0.4 is 0 Å². The fourth-order valence-corrected chi connectivity index (χ4v) is 3.50. The summed E-state index contributed by atoms with van der Waals surface area (Å²) in [6.07, 6.45) is 0.352. The van der Waals surface area contributed by atoms with Gasteiger partial charge in [0.1, 0.15) is 11.6 Å². The number of carbonyl (C=O) groups is 1. The zero-order chi connectivity index (χ0) is 16.8. The van der Waals surface area contributed by atoms with Crippen LogP contribution in [0.4, 0.5) is 8.78 Å². The Morgan fingerprint density at radius 3 is 2.65 bits per heavy atom. The van der Waals surface area contributed by atoms with Crippen LogP contribution in [0.1, 0.15) is 12.0 Å². The summed E-state index contributed by atoms with van der Waals surface area (Å²) in [5.74, 6) is -0.692. The topological polar surface area (TPSA) is 20.3 Å². The van der Waals surface area contributed by atoms with E-state index in [0.29, 0.717) is 17.7 Å². The van der Waals surface area contributed by atoms with Gasteiger partial charge in [0.25, 0.3) is 0 Å². The average Bonchev–Trinajstić information content (AvgIpc) is 2.51. The molecule has 0 aliphatic rings. The highest BCUT2D eigenvalue weighted by molar-refractivity contribution is 9.10. The number of rotatable bonds is 6. The molecule has 0 saturated carbocycles. The molecule has 0 heterocycles. The Labute approximate surface area is 147 Å². The lowest BCUT2D eigenvalue weighted by Gasteiger charge is -2.17. The van der Waals surface area contributed by atoms with Crippen molar-refractivity contribution in [1.82, 2.24) is 4.90 Å². The second-order valence-corrected chi connectivity index (χ2v) is 7.01. The maximum absolute atomic E-state index is 13.6. The van der Waals surface area contributed by atoms with E-state index in [1.165, 1.54) is 17.0 Å². The van der Waals surface area contributed by atoms with E-state index in [9.17, 15) is 13.6 Å². The zero-order valence-electron chi connectivity index (χ0n) is 12.6. The van der Waals surface area contributed by atoms with Crippen LogP contribution in [0.5, 0.6) is 0 Å². The van der Waals surface area contributed by atoms with E-state index in [1.807, 2.05) is 24.3 Å². The van der Waals surface area contributed by atoms with Crippen molar-refractivity contribution in [2.75, 3.05) is 12.8 Å². The van der Waals surface area contributed by atoms with E-state index in [4.69, 9.17) is 0 Å². The number of hydrogen-bond donors (Lipinski definition) is 0. The van der Waals surface area contributed by atoms with E-state index in [2.05, 4.69) is 15.9 Å². The minimum Gasteiger partial charge on any atom is -0.341 e. The fourth-order valence-electron chi connectivity index (χ4n) is 1.99. The van der Waals surface area contributed by atoms with Crippen LogP contribution in [0, 0.1) is 11.6 Å². The molecular formula is C17H16BrF2NOS. The lowest BCUT2D eigenvalue weighted by atomic mass is 10.2. The highest BCUT2D eigenvalue weighted by Crippen LogP contribution is 2.27. The molecule has 0 atom stereocenters. The van der Waals surface area contributed by atoms with Crippen LogP contribution in [0.2, 0.25) is 0 Å². The fraction of sp³-hybridized carbons (Fsp3) is 0.235. The van der Waals surface area contributed by atoms with Crippen LogP contribution in [-0.2, 0) is 11.3 Å². The molecule has 0 N–H and O–H groups in total. The third-order valence-electron chi connectivity index (χ3n) is 3.26. The highest BCUT2D eigenvalue weighted by atomic mass is 79.9. The van der Waals surface area contributed by atoms with Gasteiger partial charge in [-0.2, -0.15) is 0 Å². The van der Waals surface area contributed by atoms with E-state index < -0.39 is 11.6 Å². The molecule has 0 aromatic heterocycles. The summed E-state index contributed by atoms with van der Waals surface area (Å²) >= 11 is 5.05. The van der Waals surface area contributed by atoms with Crippen LogP contribution in [-0.4, -0.2) is 23.6 Å². The van der Waals surface area contributed by atoms with Crippen molar-refractivity contribution in [3.8, 4) is 0 Å². The molecule has 122 valence electrons. The van der Waals surface area contributed by atoms with E-state index in [0.717, 1.165) is 15.4 Å². The largest absolute Gasteiger partial charge is 0.341 e.